The first kappa shape index (κ1) is 12.1. The zero-order valence-corrected chi connectivity index (χ0v) is 9.69. The number of carbonyl (C=O) groups excluding carboxylic acids is 1. The lowest BCUT2D eigenvalue weighted by atomic mass is 10.1. The van der Waals surface area contributed by atoms with Crippen LogP contribution in [0.4, 0.5) is 0 Å². The minimum absolute atomic E-state index is 0.0728. The molecule has 16 heavy (non-hydrogen) atoms. The minimum Gasteiger partial charge on any atom is -0.328 e. The highest BCUT2D eigenvalue weighted by molar-refractivity contribution is 5.95. The maximum absolute atomic E-state index is 12.0. The topological polar surface area (TPSA) is 69.9 Å². The van der Waals surface area contributed by atoms with Crippen molar-refractivity contribution < 1.29 is 4.79 Å². The number of aryl methyl sites for hydroxylation is 2. The van der Waals surface area contributed by atoms with Gasteiger partial charge in [-0.15, -0.1) is 0 Å². The van der Waals surface area contributed by atoms with Gasteiger partial charge in [0.1, 0.15) is 6.54 Å². The van der Waals surface area contributed by atoms with Crippen LogP contribution in [-0.2, 0) is 6.42 Å². The molecule has 84 valence electrons. The summed E-state index contributed by atoms with van der Waals surface area (Å²) in [4.78, 5) is 13.3. The highest BCUT2D eigenvalue weighted by Gasteiger charge is 2.16. The first-order valence-corrected chi connectivity index (χ1v) is 5.05. The van der Waals surface area contributed by atoms with Crippen molar-refractivity contribution in [3.05, 3.63) is 23.0 Å². The molecular formula is C11H14N4O. The average Bonchev–Trinajstić information content (AvgIpc) is 2.28. The first-order valence-electron chi connectivity index (χ1n) is 5.05. The van der Waals surface area contributed by atoms with Gasteiger partial charge in [0, 0.05) is 7.05 Å². The van der Waals surface area contributed by atoms with Crippen molar-refractivity contribution in [2.75, 3.05) is 13.6 Å². The second-order valence-electron chi connectivity index (χ2n) is 3.52. The largest absolute Gasteiger partial charge is 0.328 e. The van der Waals surface area contributed by atoms with Gasteiger partial charge in [0.25, 0.3) is 5.91 Å². The summed E-state index contributed by atoms with van der Waals surface area (Å²) in [5.41, 5.74) is 1.90. The van der Waals surface area contributed by atoms with Crippen LogP contribution in [0.15, 0.2) is 6.07 Å². The van der Waals surface area contributed by atoms with Gasteiger partial charge in [-0.3, -0.25) is 4.79 Å². The molecule has 0 aliphatic heterocycles. The fourth-order valence-electron chi connectivity index (χ4n) is 1.34. The summed E-state index contributed by atoms with van der Waals surface area (Å²) >= 11 is 0. The molecule has 0 bridgehead atoms. The number of amides is 1. The number of nitrogens with zero attached hydrogens (tertiary/aromatic N) is 4. The predicted octanol–water partition coefficient (Wildman–Crippen LogP) is 0.943. The predicted molar refractivity (Wildman–Crippen MR) is 58.7 cm³/mol. The molecule has 0 saturated carbocycles. The van der Waals surface area contributed by atoms with E-state index in [1.54, 1.807) is 20.0 Å². The molecule has 0 N–H and O–H groups in total. The van der Waals surface area contributed by atoms with Gasteiger partial charge in [-0.25, -0.2) is 0 Å². The fourth-order valence-corrected chi connectivity index (χ4v) is 1.34. The Bertz CT molecular complexity index is 436. The van der Waals surface area contributed by atoms with E-state index in [9.17, 15) is 4.79 Å². The van der Waals surface area contributed by atoms with Gasteiger partial charge in [0.05, 0.1) is 23.0 Å². The van der Waals surface area contributed by atoms with E-state index in [0.717, 1.165) is 0 Å². The molecular weight excluding hydrogens is 204 g/mol. The van der Waals surface area contributed by atoms with Gasteiger partial charge < -0.3 is 4.90 Å². The molecule has 1 amide bonds. The molecule has 1 rings (SSSR count). The van der Waals surface area contributed by atoms with Gasteiger partial charge in [-0.05, 0) is 19.4 Å². The Morgan fingerprint density at radius 2 is 2.25 bits per heavy atom. The van der Waals surface area contributed by atoms with Crippen LogP contribution in [0.3, 0.4) is 0 Å². The second-order valence-corrected chi connectivity index (χ2v) is 3.52. The number of hydrogen-bond acceptors (Lipinski definition) is 4. The van der Waals surface area contributed by atoms with E-state index in [1.165, 1.54) is 4.90 Å². The number of nitriles is 1. The van der Waals surface area contributed by atoms with Crippen LogP contribution in [-0.4, -0.2) is 34.6 Å². The van der Waals surface area contributed by atoms with Crippen molar-refractivity contribution in [3.8, 4) is 6.07 Å². The molecule has 0 aliphatic carbocycles. The minimum atomic E-state index is -0.184. The van der Waals surface area contributed by atoms with E-state index in [2.05, 4.69) is 10.2 Å². The summed E-state index contributed by atoms with van der Waals surface area (Å²) in [7, 11) is 1.60. The molecule has 0 spiro atoms. The molecule has 0 atom stereocenters. The Morgan fingerprint density at radius 1 is 1.56 bits per heavy atom. The quantitative estimate of drug-likeness (QED) is 0.708. The van der Waals surface area contributed by atoms with Crippen molar-refractivity contribution >= 4 is 5.91 Å². The Balaban J connectivity index is 3.07. The van der Waals surface area contributed by atoms with Gasteiger partial charge in [0.15, 0.2) is 0 Å². The van der Waals surface area contributed by atoms with Crippen LogP contribution >= 0.6 is 0 Å². The van der Waals surface area contributed by atoms with Crippen LogP contribution in [0.25, 0.3) is 0 Å². The van der Waals surface area contributed by atoms with E-state index in [1.807, 2.05) is 13.0 Å². The summed E-state index contributed by atoms with van der Waals surface area (Å²) in [5, 5.41) is 16.4. The fraction of sp³-hybridized carbons (Fsp3) is 0.455. The van der Waals surface area contributed by atoms with Crippen LogP contribution < -0.4 is 0 Å². The normalized spacial score (nSPS) is 9.62. The van der Waals surface area contributed by atoms with E-state index < -0.39 is 0 Å². The molecule has 1 aromatic rings. The molecule has 5 nitrogen and oxygen atoms in total. The number of hydrogen-bond donors (Lipinski definition) is 0. The molecule has 0 saturated heterocycles. The van der Waals surface area contributed by atoms with Crippen molar-refractivity contribution in [1.82, 2.24) is 15.1 Å². The highest BCUT2D eigenvalue weighted by atomic mass is 16.2. The summed E-state index contributed by atoms with van der Waals surface area (Å²) in [6.45, 7) is 3.78. The molecule has 5 heteroatoms. The smallest absolute Gasteiger partial charge is 0.256 e. The molecule has 1 aromatic heterocycles. The Hall–Kier alpha value is -1.96. The van der Waals surface area contributed by atoms with Crippen LogP contribution in [0.5, 0.6) is 0 Å². The Morgan fingerprint density at radius 3 is 2.81 bits per heavy atom. The molecule has 0 aliphatic rings. The van der Waals surface area contributed by atoms with Crippen LogP contribution in [0.1, 0.15) is 28.7 Å². The van der Waals surface area contributed by atoms with E-state index >= 15 is 0 Å². The average molecular weight is 218 g/mol. The molecule has 1 heterocycles. The monoisotopic (exact) mass is 218 g/mol. The number of carbonyl (C=O) groups is 1. The second kappa shape index (κ2) is 5.21. The summed E-state index contributed by atoms with van der Waals surface area (Å²) < 4.78 is 0. The third kappa shape index (κ3) is 2.54. The van der Waals surface area contributed by atoms with Gasteiger partial charge in [-0.1, -0.05) is 6.92 Å². The van der Waals surface area contributed by atoms with Crippen LogP contribution in [0.2, 0.25) is 0 Å². The lowest BCUT2D eigenvalue weighted by molar-refractivity contribution is 0.0810. The highest BCUT2D eigenvalue weighted by Crippen LogP contribution is 2.09. The van der Waals surface area contributed by atoms with Gasteiger partial charge in [-0.2, -0.15) is 15.5 Å². The summed E-state index contributed by atoms with van der Waals surface area (Å²) in [6.07, 6.45) is 0.648. The lowest BCUT2D eigenvalue weighted by Crippen LogP contribution is -2.28. The molecule has 0 aromatic carbocycles. The van der Waals surface area contributed by atoms with Crippen LogP contribution in [0, 0.1) is 18.3 Å². The van der Waals surface area contributed by atoms with E-state index in [4.69, 9.17) is 5.26 Å². The summed E-state index contributed by atoms with van der Waals surface area (Å²) in [6, 6.07) is 3.65. The summed E-state index contributed by atoms with van der Waals surface area (Å²) in [5.74, 6) is -0.184. The Labute approximate surface area is 94.7 Å². The molecule has 0 radical (unpaired) electrons. The lowest BCUT2D eigenvalue weighted by Gasteiger charge is -2.14. The third-order valence-corrected chi connectivity index (χ3v) is 2.21. The SMILES string of the molecule is CCc1nnc(C)cc1C(=O)N(C)CC#N. The molecule has 0 fully saturated rings. The van der Waals surface area contributed by atoms with Gasteiger partial charge >= 0.3 is 0 Å². The third-order valence-electron chi connectivity index (χ3n) is 2.21. The zero-order chi connectivity index (χ0) is 12.1. The number of rotatable bonds is 3. The van der Waals surface area contributed by atoms with Crippen molar-refractivity contribution in [1.29, 1.82) is 5.26 Å². The van der Waals surface area contributed by atoms with Gasteiger partial charge in [0.2, 0.25) is 0 Å². The van der Waals surface area contributed by atoms with E-state index in [-0.39, 0.29) is 12.5 Å². The van der Waals surface area contributed by atoms with Crippen molar-refractivity contribution in [2.45, 2.75) is 20.3 Å². The maximum Gasteiger partial charge on any atom is 0.256 e. The zero-order valence-electron chi connectivity index (χ0n) is 9.69. The number of aromatic nitrogens is 2. The van der Waals surface area contributed by atoms with Crippen molar-refractivity contribution in [3.63, 3.8) is 0 Å². The first-order chi connectivity index (χ1) is 7.60. The Kier molecular flexibility index (Phi) is 3.95. The molecule has 0 unspecified atom stereocenters. The maximum atomic E-state index is 12.0. The van der Waals surface area contributed by atoms with E-state index in [0.29, 0.717) is 23.4 Å². The van der Waals surface area contributed by atoms with Crippen molar-refractivity contribution in [2.24, 2.45) is 0 Å². The standard InChI is InChI=1S/C11H14N4O/c1-4-10-9(7-8(2)13-14-10)11(16)15(3)6-5-12/h7H,4,6H2,1-3H3.